The first-order chi connectivity index (χ1) is 10.8. The Kier molecular flexibility index (Phi) is 5.78. The van der Waals surface area contributed by atoms with Crippen molar-refractivity contribution in [3.63, 3.8) is 0 Å². The monoisotopic (exact) mass is 339 g/mol. The molecule has 0 aliphatic carbocycles. The Morgan fingerprint density at radius 2 is 2.04 bits per heavy atom. The Balaban J connectivity index is 1.96. The predicted molar refractivity (Wildman–Crippen MR) is 89.9 cm³/mol. The first kappa shape index (κ1) is 17.9. The number of hydrogen-bond acceptors (Lipinski definition) is 3. The maximum atomic E-state index is 12.4. The predicted octanol–water partition coefficient (Wildman–Crippen LogP) is 1.13. The zero-order valence-corrected chi connectivity index (χ0v) is 14.8. The molecule has 1 saturated heterocycles. The molecule has 2 rings (SSSR count). The van der Waals surface area contributed by atoms with Crippen molar-refractivity contribution in [2.75, 3.05) is 27.2 Å². The van der Waals surface area contributed by atoms with Crippen LogP contribution in [-0.2, 0) is 21.5 Å². The minimum atomic E-state index is -3.45. The summed E-state index contributed by atoms with van der Waals surface area (Å²) in [6, 6.07) is 7.90. The number of amides is 1. The van der Waals surface area contributed by atoms with E-state index in [0.717, 1.165) is 17.5 Å². The molecular weight excluding hydrogens is 314 g/mol. The summed E-state index contributed by atoms with van der Waals surface area (Å²) in [5.74, 6) is -0.366. The second-order valence-corrected chi connectivity index (χ2v) is 8.27. The lowest BCUT2D eigenvalue weighted by Gasteiger charge is -2.32. The highest BCUT2D eigenvalue weighted by atomic mass is 32.2. The summed E-state index contributed by atoms with van der Waals surface area (Å²) in [5, 5.41) is 2.94. The van der Waals surface area contributed by atoms with E-state index in [1.165, 1.54) is 22.7 Å². The lowest BCUT2D eigenvalue weighted by atomic mass is 9.98. The molecule has 1 aromatic rings. The Morgan fingerprint density at radius 3 is 2.70 bits per heavy atom. The van der Waals surface area contributed by atoms with Crippen molar-refractivity contribution >= 4 is 16.1 Å². The third-order valence-corrected chi connectivity index (χ3v) is 6.16. The average Bonchev–Trinajstić information content (AvgIpc) is 2.53. The maximum absolute atomic E-state index is 12.4. The van der Waals surface area contributed by atoms with Gasteiger partial charge in [-0.1, -0.05) is 24.3 Å². The molecule has 23 heavy (non-hydrogen) atoms. The van der Waals surface area contributed by atoms with E-state index >= 15 is 0 Å². The summed E-state index contributed by atoms with van der Waals surface area (Å²) < 4.78 is 27.0. The molecule has 1 atom stereocenters. The van der Waals surface area contributed by atoms with Gasteiger partial charge < -0.3 is 5.32 Å². The van der Waals surface area contributed by atoms with Gasteiger partial charge in [-0.25, -0.2) is 0 Å². The van der Waals surface area contributed by atoms with Crippen LogP contribution in [0.4, 0.5) is 0 Å². The molecule has 1 fully saturated rings. The van der Waals surface area contributed by atoms with E-state index in [-0.39, 0.29) is 18.4 Å². The first-order valence-corrected chi connectivity index (χ1v) is 9.22. The smallest absolute Gasteiger partial charge is 0.281 e. The van der Waals surface area contributed by atoms with Crippen LogP contribution in [0.5, 0.6) is 0 Å². The fraction of sp³-hybridized carbons (Fsp3) is 0.562. The largest absolute Gasteiger partial charge is 0.352 e. The first-order valence-electron chi connectivity index (χ1n) is 7.82. The Bertz CT molecular complexity index is 658. The molecule has 0 saturated carbocycles. The Hall–Kier alpha value is -1.44. The van der Waals surface area contributed by atoms with Gasteiger partial charge in [0.15, 0.2) is 0 Å². The van der Waals surface area contributed by atoms with Gasteiger partial charge in [-0.05, 0) is 30.9 Å². The van der Waals surface area contributed by atoms with Crippen molar-refractivity contribution in [1.82, 2.24) is 13.9 Å². The SMILES string of the molecule is Cc1ccccc1CNC(=O)[C@@H]1CCCN(S(=O)(=O)N(C)C)C1. The molecule has 1 amide bonds. The molecular formula is C16H25N3O3S. The van der Waals surface area contributed by atoms with Gasteiger partial charge in [0.25, 0.3) is 10.2 Å². The molecule has 1 aliphatic heterocycles. The van der Waals surface area contributed by atoms with Crippen LogP contribution in [0.15, 0.2) is 24.3 Å². The van der Waals surface area contributed by atoms with Gasteiger partial charge >= 0.3 is 0 Å². The number of carbonyl (C=O) groups is 1. The minimum absolute atomic E-state index is 0.0769. The van der Waals surface area contributed by atoms with Crippen LogP contribution in [0.2, 0.25) is 0 Å². The van der Waals surface area contributed by atoms with Gasteiger partial charge in [0.1, 0.15) is 0 Å². The van der Waals surface area contributed by atoms with E-state index in [4.69, 9.17) is 0 Å². The van der Waals surface area contributed by atoms with Crippen LogP contribution in [-0.4, -0.2) is 50.1 Å². The highest BCUT2D eigenvalue weighted by Crippen LogP contribution is 2.20. The summed E-state index contributed by atoms with van der Waals surface area (Å²) in [5.41, 5.74) is 2.21. The van der Waals surface area contributed by atoms with E-state index in [0.29, 0.717) is 19.5 Å². The van der Waals surface area contributed by atoms with Gasteiger partial charge in [-0.2, -0.15) is 17.0 Å². The summed E-state index contributed by atoms with van der Waals surface area (Å²) >= 11 is 0. The van der Waals surface area contributed by atoms with Crippen LogP contribution >= 0.6 is 0 Å². The Morgan fingerprint density at radius 1 is 1.35 bits per heavy atom. The lowest BCUT2D eigenvalue weighted by molar-refractivity contribution is -0.126. The fourth-order valence-electron chi connectivity index (χ4n) is 2.73. The van der Waals surface area contributed by atoms with Crippen LogP contribution in [0.25, 0.3) is 0 Å². The maximum Gasteiger partial charge on any atom is 0.281 e. The molecule has 1 heterocycles. The summed E-state index contributed by atoms with van der Waals surface area (Å²) in [6.45, 7) is 3.21. The lowest BCUT2D eigenvalue weighted by Crippen LogP contribution is -2.48. The van der Waals surface area contributed by atoms with E-state index in [9.17, 15) is 13.2 Å². The third-order valence-electron chi connectivity index (χ3n) is 4.26. The molecule has 1 aromatic carbocycles. The number of piperidine rings is 1. The molecule has 0 bridgehead atoms. The van der Waals surface area contributed by atoms with Crippen LogP contribution in [0.3, 0.4) is 0 Å². The van der Waals surface area contributed by atoms with Crippen LogP contribution in [0.1, 0.15) is 24.0 Å². The number of nitrogens with one attached hydrogen (secondary N) is 1. The summed E-state index contributed by atoms with van der Waals surface area (Å²) in [6.07, 6.45) is 1.43. The van der Waals surface area contributed by atoms with Crippen molar-refractivity contribution in [1.29, 1.82) is 0 Å². The van der Waals surface area contributed by atoms with Crippen LogP contribution in [0, 0.1) is 12.8 Å². The second kappa shape index (κ2) is 7.42. The number of rotatable bonds is 5. The molecule has 0 unspecified atom stereocenters. The number of nitrogens with zero attached hydrogens (tertiary/aromatic N) is 2. The average molecular weight is 339 g/mol. The topological polar surface area (TPSA) is 69.7 Å². The quantitative estimate of drug-likeness (QED) is 0.874. The zero-order valence-electron chi connectivity index (χ0n) is 13.9. The van der Waals surface area contributed by atoms with E-state index in [1.54, 1.807) is 0 Å². The van der Waals surface area contributed by atoms with Crippen molar-refractivity contribution < 1.29 is 13.2 Å². The fourth-order valence-corrected chi connectivity index (χ4v) is 3.92. The number of benzene rings is 1. The standard InChI is InChI=1S/C16H25N3O3S/c1-13-7-4-5-8-14(13)11-17-16(20)15-9-6-10-19(12-15)23(21,22)18(2)3/h4-5,7-8,15H,6,9-12H2,1-3H3,(H,17,20)/t15-/m1/s1. The molecule has 6 nitrogen and oxygen atoms in total. The zero-order chi connectivity index (χ0) is 17.0. The van der Waals surface area contributed by atoms with Crippen molar-refractivity contribution in [2.45, 2.75) is 26.3 Å². The highest BCUT2D eigenvalue weighted by Gasteiger charge is 2.33. The molecule has 0 radical (unpaired) electrons. The van der Waals surface area contributed by atoms with Gasteiger partial charge in [0.05, 0.1) is 5.92 Å². The van der Waals surface area contributed by atoms with Crippen molar-refractivity contribution in [3.05, 3.63) is 35.4 Å². The highest BCUT2D eigenvalue weighted by molar-refractivity contribution is 7.86. The normalized spacial score (nSPS) is 19.7. The van der Waals surface area contributed by atoms with E-state index in [1.807, 2.05) is 31.2 Å². The van der Waals surface area contributed by atoms with E-state index in [2.05, 4.69) is 5.32 Å². The summed E-state index contributed by atoms with van der Waals surface area (Å²) in [7, 11) is -0.431. The second-order valence-electron chi connectivity index (χ2n) is 6.13. The van der Waals surface area contributed by atoms with Gasteiger partial charge in [0, 0.05) is 33.7 Å². The van der Waals surface area contributed by atoms with Gasteiger partial charge in [0.2, 0.25) is 5.91 Å². The van der Waals surface area contributed by atoms with Crippen LogP contribution < -0.4 is 5.32 Å². The van der Waals surface area contributed by atoms with Crippen molar-refractivity contribution in [3.8, 4) is 0 Å². The van der Waals surface area contributed by atoms with Gasteiger partial charge in [-0.15, -0.1) is 0 Å². The molecule has 1 N–H and O–H groups in total. The van der Waals surface area contributed by atoms with E-state index < -0.39 is 10.2 Å². The van der Waals surface area contributed by atoms with Crippen molar-refractivity contribution in [2.24, 2.45) is 5.92 Å². The molecule has 7 heteroatoms. The number of aryl methyl sites for hydroxylation is 1. The molecule has 0 aromatic heterocycles. The Labute approximate surface area is 138 Å². The number of hydrogen-bond donors (Lipinski definition) is 1. The molecule has 1 aliphatic rings. The minimum Gasteiger partial charge on any atom is -0.352 e. The van der Waals surface area contributed by atoms with Gasteiger partial charge in [-0.3, -0.25) is 4.79 Å². The number of carbonyl (C=O) groups excluding carboxylic acids is 1. The summed E-state index contributed by atoms with van der Waals surface area (Å²) in [4.78, 5) is 12.4. The third kappa shape index (κ3) is 4.31. The molecule has 128 valence electrons. The molecule has 0 spiro atoms.